The third-order valence-corrected chi connectivity index (χ3v) is 3.33. The zero-order valence-electron chi connectivity index (χ0n) is 10.2. The van der Waals surface area contributed by atoms with E-state index in [0.717, 1.165) is 19.4 Å². The summed E-state index contributed by atoms with van der Waals surface area (Å²) in [7, 11) is 0. The molecule has 1 aromatic carbocycles. The largest absolute Gasteiger partial charge is 0.330 e. The second kappa shape index (κ2) is 5.92. The van der Waals surface area contributed by atoms with Crippen molar-refractivity contribution >= 4 is 0 Å². The quantitative estimate of drug-likeness (QED) is 0.785. The first kappa shape index (κ1) is 12.3. The number of aryl methyl sites for hydroxylation is 1. The average molecular weight is 205 g/mol. The van der Waals surface area contributed by atoms with Crippen LogP contribution in [0.25, 0.3) is 0 Å². The van der Waals surface area contributed by atoms with E-state index in [0.29, 0.717) is 11.8 Å². The highest BCUT2D eigenvalue weighted by Crippen LogP contribution is 2.16. The predicted octanol–water partition coefficient (Wildman–Crippen LogP) is 3.02. The molecule has 1 nitrogen and oxygen atoms in total. The van der Waals surface area contributed by atoms with Gasteiger partial charge in [-0.25, -0.2) is 0 Å². The number of nitrogens with two attached hydrogens (primary N) is 1. The highest BCUT2D eigenvalue weighted by Gasteiger charge is 2.10. The van der Waals surface area contributed by atoms with Crippen molar-refractivity contribution in [3.63, 3.8) is 0 Å². The van der Waals surface area contributed by atoms with Gasteiger partial charge in [0.1, 0.15) is 0 Å². The molecule has 1 heteroatoms. The van der Waals surface area contributed by atoms with Crippen LogP contribution in [0, 0.1) is 11.8 Å². The third-order valence-electron chi connectivity index (χ3n) is 3.33. The molecule has 0 radical (unpaired) electrons. The maximum atomic E-state index is 5.67. The minimum atomic E-state index is 0.607. The lowest BCUT2D eigenvalue weighted by Gasteiger charge is -2.18. The van der Waals surface area contributed by atoms with E-state index >= 15 is 0 Å². The van der Waals surface area contributed by atoms with Crippen molar-refractivity contribution in [1.82, 2.24) is 0 Å². The molecule has 15 heavy (non-hydrogen) atoms. The van der Waals surface area contributed by atoms with Crippen LogP contribution in [0.2, 0.25) is 0 Å². The van der Waals surface area contributed by atoms with Gasteiger partial charge >= 0.3 is 0 Å². The van der Waals surface area contributed by atoms with Crippen LogP contribution in [0.5, 0.6) is 0 Å². The lowest BCUT2D eigenvalue weighted by molar-refractivity contribution is 0.394. The van der Waals surface area contributed by atoms with Gasteiger partial charge < -0.3 is 5.73 Å². The second-order valence-corrected chi connectivity index (χ2v) is 4.56. The Morgan fingerprint density at radius 1 is 1.00 bits per heavy atom. The number of rotatable bonds is 5. The Bertz CT molecular complexity index is 276. The highest BCUT2D eigenvalue weighted by molar-refractivity contribution is 5.22. The van der Waals surface area contributed by atoms with Gasteiger partial charge in [0.05, 0.1) is 0 Å². The third kappa shape index (κ3) is 3.67. The summed E-state index contributed by atoms with van der Waals surface area (Å²) in [4.78, 5) is 0. The topological polar surface area (TPSA) is 26.0 Å². The molecule has 0 fully saturated rings. The molecule has 0 saturated heterocycles. The van der Waals surface area contributed by atoms with E-state index in [-0.39, 0.29) is 0 Å². The molecule has 1 rings (SSSR count). The summed E-state index contributed by atoms with van der Waals surface area (Å²) in [5.74, 6) is 1.28. The Morgan fingerprint density at radius 2 is 1.53 bits per heavy atom. The van der Waals surface area contributed by atoms with Crippen LogP contribution in [0.1, 0.15) is 31.9 Å². The number of hydrogen-bond donors (Lipinski definition) is 1. The van der Waals surface area contributed by atoms with Gasteiger partial charge in [-0.2, -0.15) is 0 Å². The smallest absolute Gasteiger partial charge is 0.00488 e. The summed E-state index contributed by atoms with van der Waals surface area (Å²) >= 11 is 0. The van der Waals surface area contributed by atoms with Gasteiger partial charge in [-0.05, 0) is 42.3 Å². The molecule has 0 aliphatic rings. The van der Waals surface area contributed by atoms with Crippen LogP contribution in [-0.2, 0) is 12.8 Å². The van der Waals surface area contributed by atoms with Crippen LogP contribution in [-0.4, -0.2) is 6.54 Å². The standard InChI is InChI=1S/C14H23N/c1-4-13-5-7-14(8-6-13)9-11(2)12(3)10-15/h5-8,11-12H,4,9-10,15H2,1-3H3. The maximum absolute atomic E-state index is 5.67. The molecule has 0 spiro atoms. The van der Waals surface area contributed by atoms with E-state index < -0.39 is 0 Å². The predicted molar refractivity (Wildman–Crippen MR) is 66.9 cm³/mol. The van der Waals surface area contributed by atoms with Crippen molar-refractivity contribution in [3.05, 3.63) is 35.4 Å². The maximum Gasteiger partial charge on any atom is -0.00488 e. The van der Waals surface area contributed by atoms with Gasteiger partial charge in [-0.1, -0.05) is 45.0 Å². The van der Waals surface area contributed by atoms with Crippen molar-refractivity contribution in [2.24, 2.45) is 17.6 Å². The molecule has 2 N–H and O–H groups in total. The molecule has 0 bridgehead atoms. The van der Waals surface area contributed by atoms with Crippen molar-refractivity contribution in [1.29, 1.82) is 0 Å². The van der Waals surface area contributed by atoms with E-state index in [1.165, 1.54) is 11.1 Å². The summed E-state index contributed by atoms with van der Waals surface area (Å²) in [6.45, 7) is 7.48. The first-order valence-corrected chi connectivity index (χ1v) is 5.95. The van der Waals surface area contributed by atoms with Gasteiger partial charge in [0.15, 0.2) is 0 Å². The Kier molecular flexibility index (Phi) is 4.83. The molecule has 0 amide bonds. The fraction of sp³-hybridized carbons (Fsp3) is 0.571. The monoisotopic (exact) mass is 205 g/mol. The van der Waals surface area contributed by atoms with Crippen LogP contribution in [0.15, 0.2) is 24.3 Å². The molecule has 0 aromatic heterocycles. The molecular weight excluding hydrogens is 182 g/mol. The Morgan fingerprint density at radius 3 is 2.00 bits per heavy atom. The van der Waals surface area contributed by atoms with E-state index in [1.807, 2.05) is 0 Å². The van der Waals surface area contributed by atoms with Gasteiger partial charge in [0.25, 0.3) is 0 Å². The average Bonchev–Trinajstić information content (AvgIpc) is 2.29. The van der Waals surface area contributed by atoms with E-state index in [1.54, 1.807) is 0 Å². The molecule has 84 valence electrons. The van der Waals surface area contributed by atoms with Crippen LogP contribution >= 0.6 is 0 Å². The molecular formula is C14H23N. The van der Waals surface area contributed by atoms with Crippen molar-refractivity contribution in [2.75, 3.05) is 6.54 Å². The van der Waals surface area contributed by atoms with Crippen molar-refractivity contribution in [2.45, 2.75) is 33.6 Å². The lowest BCUT2D eigenvalue weighted by Crippen LogP contribution is -2.20. The Labute approximate surface area is 93.7 Å². The van der Waals surface area contributed by atoms with Crippen molar-refractivity contribution < 1.29 is 0 Å². The lowest BCUT2D eigenvalue weighted by atomic mass is 9.89. The molecule has 0 aliphatic heterocycles. The fourth-order valence-electron chi connectivity index (χ4n) is 1.72. The molecule has 2 atom stereocenters. The first-order valence-electron chi connectivity index (χ1n) is 5.95. The zero-order chi connectivity index (χ0) is 11.3. The molecule has 0 heterocycles. The number of benzene rings is 1. The minimum absolute atomic E-state index is 0.607. The van der Waals surface area contributed by atoms with E-state index in [4.69, 9.17) is 5.73 Å². The number of hydrogen-bond acceptors (Lipinski definition) is 1. The molecule has 0 saturated carbocycles. The SMILES string of the molecule is CCc1ccc(CC(C)C(C)CN)cc1. The normalized spacial score (nSPS) is 14.9. The minimum Gasteiger partial charge on any atom is -0.330 e. The van der Waals surface area contributed by atoms with Gasteiger partial charge in [-0.15, -0.1) is 0 Å². The van der Waals surface area contributed by atoms with Crippen LogP contribution in [0.4, 0.5) is 0 Å². The fourth-order valence-corrected chi connectivity index (χ4v) is 1.72. The highest BCUT2D eigenvalue weighted by atomic mass is 14.5. The first-order chi connectivity index (χ1) is 7.17. The Balaban J connectivity index is 2.57. The molecule has 1 aromatic rings. The summed E-state index contributed by atoms with van der Waals surface area (Å²) in [5.41, 5.74) is 8.52. The Hall–Kier alpha value is -0.820. The van der Waals surface area contributed by atoms with Gasteiger partial charge in [0, 0.05) is 0 Å². The summed E-state index contributed by atoms with van der Waals surface area (Å²) in [5, 5.41) is 0. The van der Waals surface area contributed by atoms with E-state index in [9.17, 15) is 0 Å². The van der Waals surface area contributed by atoms with Crippen molar-refractivity contribution in [3.8, 4) is 0 Å². The molecule has 0 aliphatic carbocycles. The summed E-state index contributed by atoms with van der Waals surface area (Å²) in [6, 6.07) is 8.96. The van der Waals surface area contributed by atoms with E-state index in [2.05, 4.69) is 45.0 Å². The van der Waals surface area contributed by atoms with Gasteiger partial charge in [-0.3, -0.25) is 0 Å². The zero-order valence-corrected chi connectivity index (χ0v) is 10.2. The van der Waals surface area contributed by atoms with Crippen LogP contribution in [0.3, 0.4) is 0 Å². The summed E-state index contributed by atoms with van der Waals surface area (Å²) in [6.07, 6.45) is 2.26. The van der Waals surface area contributed by atoms with Gasteiger partial charge in [0.2, 0.25) is 0 Å². The summed E-state index contributed by atoms with van der Waals surface area (Å²) < 4.78 is 0. The second-order valence-electron chi connectivity index (χ2n) is 4.56. The molecule has 2 unspecified atom stereocenters. The van der Waals surface area contributed by atoms with Crippen LogP contribution < -0.4 is 5.73 Å².